The molecule has 0 unspecified atom stereocenters. The van der Waals surface area contributed by atoms with Crippen molar-refractivity contribution in [2.75, 3.05) is 18.0 Å². The van der Waals surface area contributed by atoms with Crippen LogP contribution in [-0.2, 0) is 11.0 Å². The first-order valence-electron chi connectivity index (χ1n) is 10.1. The van der Waals surface area contributed by atoms with Crippen LogP contribution in [0.25, 0.3) is 5.65 Å². The lowest BCUT2D eigenvalue weighted by atomic mass is 9.74. The largest absolute Gasteiger partial charge is 0.342 e. The van der Waals surface area contributed by atoms with E-state index in [2.05, 4.69) is 34.9 Å². The summed E-state index contributed by atoms with van der Waals surface area (Å²) in [5.41, 5.74) is 2.15. The van der Waals surface area contributed by atoms with Gasteiger partial charge in [-0.3, -0.25) is 4.40 Å². The molecule has 0 amide bonds. The molecule has 1 aliphatic carbocycles. The highest BCUT2D eigenvalue weighted by Crippen LogP contribution is 2.47. The maximum Gasteiger partial charge on any atom is 0.211 e. The topological polar surface area (TPSA) is 62.5 Å². The normalized spacial score (nSPS) is 23.6. The first-order chi connectivity index (χ1) is 13.2. The monoisotopic (exact) mass is 467 g/mol. The van der Waals surface area contributed by atoms with Crippen LogP contribution in [0.5, 0.6) is 0 Å². The lowest BCUT2D eigenvalue weighted by Crippen LogP contribution is -2.51. The molecular weight excluding hydrogens is 438 g/mol. The van der Waals surface area contributed by atoms with E-state index in [1.54, 1.807) is 0 Å². The third kappa shape index (κ3) is 3.52. The van der Waals surface area contributed by atoms with Crippen LogP contribution in [0.4, 0.5) is 5.95 Å². The zero-order valence-electron chi connectivity index (χ0n) is 17.2. The van der Waals surface area contributed by atoms with Crippen LogP contribution in [0.1, 0.15) is 58.6 Å². The van der Waals surface area contributed by atoms with E-state index >= 15 is 0 Å². The first-order valence-corrected chi connectivity index (χ1v) is 12.1. The number of rotatable bonds is 3. The van der Waals surface area contributed by atoms with Gasteiger partial charge in [0.1, 0.15) is 0 Å². The van der Waals surface area contributed by atoms with E-state index in [0.717, 1.165) is 54.1 Å². The van der Waals surface area contributed by atoms with Crippen LogP contribution < -0.4 is 9.62 Å². The second-order valence-electron chi connectivity index (χ2n) is 9.23. The van der Waals surface area contributed by atoms with Crippen LogP contribution in [-0.4, -0.2) is 42.5 Å². The Hall–Kier alpha value is -0.990. The molecule has 0 bridgehead atoms. The highest BCUT2D eigenvalue weighted by atomic mass is 79.9. The number of nitrogens with one attached hydrogen (secondary N) is 1. The van der Waals surface area contributed by atoms with Gasteiger partial charge in [0.2, 0.25) is 5.95 Å². The number of anilines is 1. The lowest BCUT2D eigenvalue weighted by Gasteiger charge is -2.44. The predicted molar refractivity (Wildman–Crippen MR) is 118 cm³/mol. The van der Waals surface area contributed by atoms with Crippen molar-refractivity contribution in [3.05, 3.63) is 22.6 Å². The Kier molecular flexibility index (Phi) is 5.33. The van der Waals surface area contributed by atoms with Crippen molar-refractivity contribution in [3.8, 4) is 0 Å². The van der Waals surface area contributed by atoms with Crippen molar-refractivity contribution >= 4 is 38.5 Å². The number of fused-ring (bicyclic) bond motifs is 1. The van der Waals surface area contributed by atoms with Crippen molar-refractivity contribution < 1.29 is 4.21 Å². The fourth-order valence-corrected chi connectivity index (χ4v) is 6.01. The lowest BCUT2D eigenvalue weighted by molar-refractivity contribution is 0.187. The summed E-state index contributed by atoms with van der Waals surface area (Å²) in [7, 11) is -1.01. The average molecular weight is 468 g/mol. The van der Waals surface area contributed by atoms with Crippen molar-refractivity contribution in [1.82, 2.24) is 19.1 Å². The number of hydrogen-bond donors (Lipinski definition) is 1. The number of imidazole rings is 1. The Morgan fingerprint density at radius 1 is 1.29 bits per heavy atom. The number of aromatic nitrogens is 3. The number of halogens is 1. The first kappa shape index (κ1) is 20.3. The highest BCUT2D eigenvalue weighted by molar-refractivity contribution is 9.10. The molecule has 0 radical (unpaired) electrons. The van der Waals surface area contributed by atoms with Gasteiger partial charge >= 0.3 is 0 Å². The Balaban J connectivity index is 1.53. The summed E-state index contributed by atoms with van der Waals surface area (Å²) < 4.78 is 19.0. The number of nitrogens with zero attached hydrogens (tertiary/aromatic N) is 4. The Morgan fingerprint density at radius 2 is 2.00 bits per heavy atom. The quantitative estimate of drug-likeness (QED) is 0.740. The fourth-order valence-electron chi connectivity index (χ4n) is 4.64. The summed E-state index contributed by atoms with van der Waals surface area (Å²) in [5, 5.41) is 0. The van der Waals surface area contributed by atoms with Crippen LogP contribution in [0.2, 0.25) is 0 Å². The Labute approximate surface area is 178 Å². The van der Waals surface area contributed by atoms with Gasteiger partial charge in [-0.05, 0) is 74.7 Å². The molecule has 1 saturated heterocycles. The molecule has 2 fully saturated rings. The predicted octanol–water partition coefficient (Wildman–Crippen LogP) is 3.99. The van der Waals surface area contributed by atoms with Gasteiger partial charge in [0, 0.05) is 31.5 Å². The van der Waals surface area contributed by atoms with Crippen molar-refractivity contribution in [2.24, 2.45) is 5.41 Å². The minimum Gasteiger partial charge on any atom is -0.342 e. The molecule has 2 atom stereocenters. The number of piperidine rings is 1. The standard InChI is InChI=1S/C20H30BrN5OS/c1-14-16(21)17-22-10-13-26(17)18(23-14)25-11-8-20(9-12-25)7-5-6-15(20)24-28(27)19(2,3)4/h10,13,15,24H,5-9,11-12H2,1-4H3/t15-,28+/m1/s1. The second kappa shape index (κ2) is 7.36. The van der Waals surface area contributed by atoms with E-state index in [4.69, 9.17) is 4.98 Å². The van der Waals surface area contributed by atoms with Gasteiger partial charge in [0.25, 0.3) is 0 Å². The van der Waals surface area contributed by atoms with E-state index in [9.17, 15) is 4.21 Å². The molecule has 2 aliphatic rings. The summed E-state index contributed by atoms with van der Waals surface area (Å²) in [5.74, 6) is 0.976. The van der Waals surface area contributed by atoms with Gasteiger partial charge in [-0.15, -0.1) is 0 Å². The molecule has 1 aliphatic heterocycles. The third-order valence-corrected chi connectivity index (χ3v) is 8.93. The number of hydrogen-bond acceptors (Lipinski definition) is 4. The van der Waals surface area contributed by atoms with Gasteiger partial charge in [-0.2, -0.15) is 0 Å². The minimum absolute atomic E-state index is 0.226. The molecule has 6 nitrogen and oxygen atoms in total. The summed E-state index contributed by atoms with van der Waals surface area (Å²) >= 11 is 3.61. The summed E-state index contributed by atoms with van der Waals surface area (Å²) in [6, 6.07) is 0.350. The summed E-state index contributed by atoms with van der Waals surface area (Å²) in [6.45, 7) is 10.1. The average Bonchev–Trinajstić information content (AvgIpc) is 3.27. The zero-order valence-corrected chi connectivity index (χ0v) is 19.6. The van der Waals surface area contributed by atoms with Crippen LogP contribution in [0.15, 0.2) is 16.9 Å². The molecular formula is C20H30BrN5OS. The fraction of sp³-hybridized carbons (Fsp3) is 0.700. The van der Waals surface area contributed by atoms with E-state index < -0.39 is 11.0 Å². The van der Waals surface area contributed by atoms with Crippen molar-refractivity contribution in [2.45, 2.75) is 70.6 Å². The molecule has 1 N–H and O–H groups in total. The molecule has 4 rings (SSSR count). The minimum atomic E-state index is -1.01. The SMILES string of the molecule is Cc1nc(N2CCC3(CCC[C@H]3N[S@@](=O)C(C)(C)C)CC2)n2ccnc2c1Br. The van der Waals surface area contributed by atoms with E-state index in [1.807, 2.05) is 40.1 Å². The molecule has 154 valence electrons. The Bertz CT molecular complexity index is 898. The molecule has 2 aromatic rings. The van der Waals surface area contributed by atoms with Gasteiger partial charge in [0.05, 0.1) is 25.9 Å². The van der Waals surface area contributed by atoms with Gasteiger partial charge < -0.3 is 4.90 Å². The van der Waals surface area contributed by atoms with Crippen molar-refractivity contribution in [3.63, 3.8) is 0 Å². The maximum atomic E-state index is 12.7. The molecule has 1 saturated carbocycles. The van der Waals surface area contributed by atoms with Gasteiger partial charge in [-0.1, -0.05) is 6.42 Å². The highest BCUT2D eigenvalue weighted by Gasteiger charge is 2.46. The van der Waals surface area contributed by atoms with Crippen LogP contribution in [0.3, 0.4) is 0 Å². The molecule has 0 aromatic carbocycles. The molecule has 8 heteroatoms. The second-order valence-corrected chi connectivity index (χ2v) is 12.0. The van der Waals surface area contributed by atoms with Gasteiger partial charge in [-0.25, -0.2) is 18.9 Å². The summed E-state index contributed by atoms with van der Waals surface area (Å²) in [6.07, 6.45) is 9.61. The molecule has 2 aromatic heterocycles. The van der Waals surface area contributed by atoms with E-state index in [-0.39, 0.29) is 10.2 Å². The van der Waals surface area contributed by atoms with Crippen LogP contribution in [0, 0.1) is 12.3 Å². The smallest absolute Gasteiger partial charge is 0.211 e. The van der Waals surface area contributed by atoms with E-state index in [0.29, 0.717) is 6.04 Å². The molecule has 3 heterocycles. The van der Waals surface area contributed by atoms with Gasteiger partial charge in [0.15, 0.2) is 5.65 Å². The van der Waals surface area contributed by atoms with Crippen molar-refractivity contribution in [1.29, 1.82) is 0 Å². The Morgan fingerprint density at radius 3 is 2.68 bits per heavy atom. The maximum absolute atomic E-state index is 12.7. The van der Waals surface area contributed by atoms with Crippen LogP contribution >= 0.6 is 15.9 Å². The summed E-state index contributed by atoms with van der Waals surface area (Å²) in [4.78, 5) is 11.7. The molecule has 28 heavy (non-hydrogen) atoms. The number of aryl methyl sites for hydroxylation is 1. The molecule has 1 spiro atoms. The van der Waals surface area contributed by atoms with E-state index in [1.165, 1.54) is 12.8 Å². The zero-order chi connectivity index (χ0) is 20.1. The third-order valence-electron chi connectivity index (χ3n) is 6.39.